The third kappa shape index (κ3) is 2.08. The van der Waals surface area contributed by atoms with Crippen LogP contribution in [0.1, 0.15) is 16.8 Å². The summed E-state index contributed by atoms with van der Waals surface area (Å²) in [5.41, 5.74) is 5.07. The molecule has 2 aromatic rings. The van der Waals surface area contributed by atoms with Crippen LogP contribution in [0.4, 0.5) is 5.69 Å². The molecule has 0 unspecified atom stereocenters. The Labute approximate surface area is 112 Å². The molecular weight excluding hydrogens is 244 g/mol. The van der Waals surface area contributed by atoms with Gasteiger partial charge in [0, 0.05) is 13.1 Å². The lowest BCUT2D eigenvalue weighted by Gasteiger charge is -2.31. The largest absolute Gasteiger partial charge is 0.365 e. The van der Waals surface area contributed by atoms with Gasteiger partial charge in [0.25, 0.3) is 0 Å². The number of benzene rings is 1. The Kier molecular flexibility index (Phi) is 2.96. The second-order valence-corrected chi connectivity index (χ2v) is 5.07. The van der Waals surface area contributed by atoms with Crippen LogP contribution in [0.15, 0.2) is 36.4 Å². The molecule has 2 nitrogen and oxygen atoms in total. The maximum absolute atomic E-state index is 5.91. The molecule has 0 fully saturated rings. The van der Waals surface area contributed by atoms with E-state index in [0.29, 0.717) is 5.15 Å². The molecule has 92 valence electrons. The highest BCUT2D eigenvalue weighted by molar-refractivity contribution is 6.29. The summed E-state index contributed by atoms with van der Waals surface area (Å²) in [7, 11) is 0. The second-order valence-electron chi connectivity index (χ2n) is 4.68. The Balaban J connectivity index is 1.92. The second kappa shape index (κ2) is 4.62. The normalized spacial score (nSPS) is 14.4. The van der Waals surface area contributed by atoms with Crippen molar-refractivity contribution in [2.75, 3.05) is 11.4 Å². The van der Waals surface area contributed by atoms with E-state index in [1.54, 1.807) is 0 Å². The molecule has 0 amide bonds. The molecule has 1 aromatic carbocycles. The Bertz CT molecular complexity index is 580. The summed E-state index contributed by atoms with van der Waals surface area (Å²) >= 11 is 5.91. The zero-order chi connectivity index (χ0) is 12.5. The van der Waals surface area contributed by atoms with Crippen molar-refractivity contribution in [2.24, 2.45) is 0 Å². The Morgan fingerprint density at radius 1 is 1.11 bits per heavy atom. The van der Waals surface area contributed by atoms with Crippen molar-refractivity contribution in [3.8, 4) is 0 Å². The predicted molar refractivity (Wildman–Crippen MR) is 75.2 cm³/mol. The summed E-state index contributed by atoms with van der Waals surface area (Å²) in [6.45, 7) is 4.02. The molecule has 0 atom stereocenters. The standard InChI is InChI=1S/C15H15ClN2/c1-11-14(6-7-15(16)17-11)18-9-8-12-4-2-3-5-13(12)10-18/h2-7H,8-10H2,1H3. The van der Waals surface area contributed by atoms with E-state index in [1.165, 1.54) is 16.8 Å². The van der Waals surface area contributed by atoms with Crippen molar-refractivity contribution in [3.63, 3.8) is 0 Å². The number of fused-ring (bicyclic) bond motifs is 1. The van der Waals surface area contributed by atoms with Crippen LogP contribution in [0, 0.1) is 6.92 Å². The molecule has 1 aliphatic heterocycles. The first-order valence-electron chi connectivity index (χ1n) is 6.19. The summed E-state index contributed by atoms with van der Waals surface area (Å²) in [5, 5.41) is 0.564. The van der Waals surface area contributed by atoms with E-state index < -0.39 is 0 Å². The monoisotopic (exact) mass is 258 g/mol. The Morgan fingerprint density at radius 3 is 2.67 bits per heavy atom. The summed E-state index contributed by atoms with van der Waals surface area (Å²) in [6, 6.07) is 12.6. The van der Waals surface area contributed by atoms with Gasteiger partial charge in [-0.3, -0.25) is 0 Å². The topological polar surface area (TPSA) is 16.1 Å². The first kappa shape index (κ1) is 11.5. The molecule has 0 saturated carbocycles. The highest BCUT2D eigenvalue weighted by Crippen LogP contribution is 2.26. The van der Waals surface area contributed by atoms with Crippen LogP contribution in [0.5, 0.6) is 0 Å². The smallest absolute Gasteiger partial charge is 0.129 e. The zero-order valence-corrected chi connectivity index (χ0v) is 11.1. The fraction of sp³-hybridized carbons (Fsp3) is 0.267. The van der Waals surface area contributed by atoms with Gasteiger partial charge < -0.3 is 4.90 Å². The molecule has 0 bridgehead atoms. The maximum Gasteiger partial charge on any atom is 0.129 e. The van der Waals surface area contributed by atoms with Crippen LogP contribution >= 0.6 is 11.6 Å². The highest BCUT2D eigenvalue weighted by atomic mass is 35.5. The van der Waals surface area contributed by atoms with Crippen LogP contribution in [0.3, 0.4) is 0 Å². The summed E-state index contributed by atoms with van der Waals surface area (Å²) in [5.74, 6) is 0. The molecule has 1 aromatic heterocycles. The lowest BCUT2D eigenvalue weighted by atomic mass is 9.99. The minimum absolute atomic E-state index is 0.564. The van der Waals surface area contributed by atoms with Gasteiger partial charge in [0.15, 0.2) is 0 Å². The van der Waals surface area contributed by atoms with Crippen LogP contribution in [0.2, 0.25) is 5.15 Å². The minimum Gasteiger partial charge on any atom is -0.365 e. The van der Waals surface area contributed by atoms with E-state index in [1.807, 2.05) is 13.0 Å². The average Bonchev–Trinajstić information content (AvgIpc) is 2.38. The molecule has 2 heterocycles. The van der Waals surface area contributed by atoms with E-state index in [0.717, 1.165) is 25.2 Å². The summed E-state index contributed by atoms with van der Waals surface area (Å²) < 4.78 is 0. The molecule has 3 rings (SSSR count). The van der Waals surface area contributed by atoms with Gasteiger partial charge in [0.2, 0.25) is 0 Å². The van der Waals surface area contributed by atoms with E-state index >= 15 is 0 Å². The highest BCUT2D eigenvalue weighted by Gasteiger charge is 2.17. The lowest BCUT2D eigenvalue weighted by Crippen LogP contribution is -2.30. The summed E-state index contributed by atoms with van der Waals surface area (Å²) in [6.07, 6.45) is 1.10. The molecule has 18 heavy (non-hydrogen) atoms. The Morgan fingerprint density at radius 2 is 1.89 bits per heavy atom. The molecular formula is C15H15ClN2. The molecule has 0 saturated heterocycles. The van der Waals surface area contributed by atoms with Crippen LogP contribution in [-0.2, 0) is 13.0 Å². The fourth-order valence-electron chi connectivity index (χ4n) is 2.56. The van der Waals surface area contributed by atoms with Gasteiger partial charge in [-0.05, 0) is 36.6 Å². The molecule has 0 spiro atoms. The average molecular weight is 259 g/mol. The predicted octanol–water partition coefficient (Wildman–Crippen LogP) is 3.61. The number of pyridine rings is 1. The number of anilines is 1. The van der Waals surface area contributed by atoms with Crippen molar-refractivity contribution in [2.45, 2.75) is 19.9 Å². The fourth-order valence-corrected chi connectivity index (χ4v) is 2.75. The first-order chi connectivity index (χ1) is 8.74. The number of hydrogen-bond donors (Lipinski definition) is 0. The number of aryl methyl sites for hydroxylation is 1. The number of halogens is 1. The van der Waals surface area contributed by atoms with Crippen molar-refractivity contribution in [1.82, 2.24) is 4.98 Å². The Hall–Kier alpha value is -1.54. The van der Waals surface area contributed by atoms with Gasteiger partial charge >= 0.3 is 0 Å². The number of nitrogens with zero attached hydrogens (tertiary/aromatic N) is 2. The third-order valence-electron chi connectivity index (χ3n) is 3.50. The lowest BCUT2D eigenvalue weighted by molar-refractivity contribution is 0.727. The van der Waals surface area contributed by atoms with E-state index in [2.05, 4.69) is 40.2 Å². The van der Waals surface area contributed by atoms with Gasteiger partial charge in [0.05, 0.1) is 11.4 Å². The summed E-state index contributed by atoms with van der Waals surface area (Å²) in [4.78, 5) is 6.70. The molecule has 1 aliphatic rings. The number of rotatable bonds is 1. The molecule has 3 heteroatoms. The van der Waals surface area contributed by atoms with Crippen LogP contribution in [-0.4, -0.2) is 11.5 Å². The minimum atomic E-state index is 0.564. The van der Waals surface area contributed by atoms with Gasteiger partial charge in [-0.1, -0.05) is 35.9 Å². The van der Waals surface area contributed by atoms with Gasteiger partial charge in [-0.2, -0.15) is 0 Å². The van der Waals surface area contributed by atoms with Gasteiger partial charge in [-0.25, -0.2) is 4.98 Å². The van der Waals surface area contributed by atoms with Gasteiger partial charge in [0.1, 0.15) is 5.15 Å². The first-order valence-corrected chi connectivity index (χ1v) is 6.57. The van der Waals surface area contributed by atoms with E-state index in [-0.39, 0.29) is 0 Å². The van der Waals surface area contributed by atoms with Crippen molar-refractivity contribution >= 4 is 17.3 Å². The molecule has 0 radical (unpaired) electrons. The molecule has 0 aliphatic carbocycles. The van der Waals surface area contributed by atoms with Crippen molar-refractivity contribution in [1.29, 1.82) is 0 Å². The molecule has 0 N–H and O–H groups in total. The van der Waals surface area contributed by atoms with Crippen LogP contribution in [0.25, 0.3) is 0 Å². The van der Waals surface area contributed by atoms with E-state index in [9.17, 15) is 0 Å². The number of hydrogen-bond acceptors (Lipinski definition) is 2. The van der Waals surface area contributed by atoms with Crippen molar-refractivity contribution in [3.05, 3.63) is 58.4 Å². The zero-order valence-electron chi connectivity index (χ0n) is 10.4. The SMILES string of the molecule is Cc1nc(Cl)ccc1N1CCc2ccccc2C1. The van der Waals surface area contributed by atoms with Crippen LogP contribution < -0.4 is 4.90 Å². The third-order valence-corrected chi connectivity index (χ3v) is 3.71. The maximum atomic E-state index is 5.91. The van der Waals surface area contributed by atoms with Crippen molar-refractivity contribution < 1.29 is 0 Å². The van der Waals surface area contributed by atoms with E-state index in [4.69, 9.17) is 11.6 Å². The quantitative estimate of drug-likeness (QED) is 0.727. The number of aromatic nitrogens is 1. The van der Waals surface area contributed by atoms with Gasteiger partial charge in [-0.15, -0.1) is 0 Å².